The fraction of sp³-hybridized carbons (Fsp3) is 0. The largest absolute Gasteiger partial charge is 0.448 e. The zero-order valence-electron chi connectivity index (χ0n) is 9.56. The molecule has 3 rings (SSSR count). The Morgan fingerprint density at radius 3 is 2.63 bits per heavy atom. The molecular weight excluding hydrogens is 315 g/mol. The van der Waals surface area contributed by atoms with Gasteiger partial charge in [-0.25, -0.2) is 4.39 Å². The van der Waals surface area contributed by atoms with Crippen LogP contribution in [0.25, 0.3) is 22.6 Å². The highest BCUT2D eigenvalue weighted by molar-refractivity contribution is 9.10. The van der Waals surface area contributed by atoms with Crippen LogP contribution in [-0.2, 0) is 0 Å². The Morgan fingerprint density at radius 2 is 1.95 bits per heavy atom. The van der Waals surface area contributed by atoms with E-state index in [0.29, 0.717) is 27.3 Å². The van der Waals surface area contributed by atoms with E-state index in [4.69, 9.17) is 14.7 Å². The van der Waals surface area contributed by atoms with E-state index in [0.717, 1.165) is 0 Å². The van der Waals surface area contributed by atoms with Crippen molar-refractivity contribution in [1.82, 2.24) is 5.16 Å². The molecule has 19 heavy (non-hydrogen) atoms. The van der Waals surface area contributed by atoms with E-state index in [1.807, 2.05) is 0 Å². The van der Waals surface area contributed by atoms with Crippen molar-refractivity contribution in [1.29, 1.82) is 0 Å². The zero-order valence-corrected chi connectivity index (χ0v) is 11.1. The molecule has 4 nitrogen and oxygen atoms in total. The van der Waals surface area contributed by atoms with Crippen LogP contribution in [0.2, 0.25) is 0 Å². The molecule has 0 aliphatic heterocycles. The van der Waals surface area contributed by atoms with Gasteiger partial charge in [-0.1, -0.05) is 23.4 Å². The lowest BCUT2D eigenvalue weighted by molar-refractivity contribution is 0.435. The molecule has 0 bridgehead atoms. The first kappa shape index (κ1) is 12.0. The van der Waals surface area contributed by atoms with Gasteiger partial charge in [0.1, 0.15) is 5.82 Å². The van der Waals surface area contributed by atoms with Gasteiger partial charge < -0.3 is 14.7 Å². The number of rotatable bonds is 2. The van der Waals surface area contributed by atoms with Crippen LogP contribution in [0.15, 0.2) is 50.0 Å². The summed E-state index contributed by atoms with van der Waals surface area (Å²) >= 11 is 3.20. The lowest BCUT2D eigenvalue weighted by Crippen LogP contribution is -1.90. The van der Waals surface area contributed by atoms with Gasteiger partial charge in [-0.2, -0.15) is 0 Å². The number of benzene rings is 1. The molecular formula is C13H8BrFN2O2. The molecule has 2 aromatic heterocycles. The quantitative estimate of drug-likeness (QED) is 0.771. The minimum absolute atomic E-state index is 0.0487. The Bertz CT molecular complexity index is 736. The number of furan rings is 1. The second-order valence-corrected chi connectivity index (χ2v) is 4.64. The Kier molecular flexibility index (Phi) is 2.87. The van der Waals surface area contributed by atoms with Crippen molar-refractivity contribution < 1.29 is 13.3 Å². The predicted molar refractivity (Wildman–Crippen MR) is 71.7 cm³/mol. The summed E-state index contributed by atoms with van der Waals surface area (Å²) in [4.78, 5) is 0. The SMILES string of the molecule is Nc1onc(-c2ccc(Br)o2)c1-c1ccccc1F. The Labute approximate surface area is 116 Å². The number of aromatic nitrogens is 1. The molecule has 96 valence electrons. The first-order chi connectivity index (χ1) is 9.16. The number of nitrogen functional groups attached to an aromatic ring is 1. The molecule has 6 heteroatoms. The summed E-state index contributed by atoms with van der Waals surface area (Å²) < 4.78 is 24.8. The van der Waals surface area contributed by atoms with Crippen LogP contribution in [0.4, 0.5) is 10.3 Å². The molecule has 0 radical (unpaired) electrons. The lowest BCUT2D eigenvalue weighted by atomic mass is 10.0. The van der Waals surface area contributed by atoms with Crippen molar-refractivity contribution >= 4 is 21.8 Å². The third-order valence-electron chi connectivity index (χ3n) is 2.67. The monoisotopic (exact) mass is 322 g/mol. The molecule has 0 saturated heterocycles. The highest BCUT2D eigenvalue weighted by atomic mass is 79.9. The van der Waals surface area contributed by atoms with E-state index in [2.05, 4.69) is 21.1 Å². The highest BCUT2D eigenvalue weighted by Gasteiger charge is 2.22. The maximum absolute atomic E-state index is 13.9. The minimum atomic E-state index is -0.399. The molecule has 0 atom stereocenters. The van der Waals surface area contributed by atoms with Crippen LogP contribution >= 0.6 is 15.9 Å². The van der Waals surface area contributed by atoms with Crippen molar-refractivity contribution in [3.05, 3.63) is 46.9 Å². The van der Waals surface area contributed by atoms with E-state index >= 15 is 0 Å². The van der Waals surface area contributed by atoms with Crippen molar-refractivity contribution in [2.24, 2.45) is 0 Å². The summed E-state index contributed by atoms with van der Waals surface area (Å²) in [5.74, 6) is 0.0995. The van der Waals surface area contributed by atoms with E-state index in [-0.39, 0.29) is 5.88 Å². The molecule has 1 aromatic carbocycles. The topological polar surface area (TPSA) is 65.2 Å². The van der Waals surface area contributed by atoms with Crippen molar-refractivity contribution in [3.8, 4) is 22.6 Å². The molecule has 0 fully saturated rings. The van der Waals surface area contributed by atoms with Crippen LogP contribution in [0.5, 0.6) is 0 Å². The number of hydrogen-bond donors (Lipinski definition) is 1. The average Bonchev–Trinajstić information content (AvgIpc) is 2.96. The number of anilines is 1. The maximum Gasteiger partial charge on any atom is 0.230 e. The fourth-order valence-corrected chi connectivity index (χ4v) is 2.14. The summed E-state index contributed by atoms with van der Waals surface area (Å²) in [5.41, 5.74) is 6.82. The lowest BCUT2D eigenvalue weighted by Gasteiger charge is -2.02. The Morgan fingerprint density at radius 1 is 1.16 bits per heavy atom. The van der Waals surface area contributed by atoms with Crippen LogP contribution in [0.1, 0.15) is 0 Å². The molecule has 0 spiro atoms. The van der Waals surface area contributed by atoms with E-state index in [1.165, 1.54) is 6.07 Å². The van der Waals surface area contributed by atoms with Gasteiger partial charge >= 0.3 is 0 Å². The summed E-state index contributed by atoms with van der Waals surface area (Å²) in [7, 11) is 0. The smallest absolute Gasteiger partial charge is 0.230 e. The fourth-order valence-electron chi connectivity index (χ4n) is 1.84. The van der Waals surface area contributed by atoms with Crippen molar-refractivity contribution in [2.45, 2.75) is 0 Å². The summed E-state index contributed by atoms with van der Waals surface area (Å²) in [6.07, 6.45) is 0. The van der Waals surface area contributed by atoms with E-state index in [1.54, 1.807) is 30.3 Å². The number of halogens is 2. The van der Waals surface area contributed by atoms with Gasteiger partial charge in [0.05, 0.1) is 5.56 Å². The highest BCUT2D eigenvalue weighted by Crippen LogP contribution is 2.38. The Balaban J connectivity index is 2.22. The molecule has 0 saturated carbocycles. The molecule has 0 unspecified atom stereocenters. The van der Waals surface area contributed by atoms with Crippen LogP contribution in [0, 0.1) is 5.82 Å². The number of nitrogens with zero attached hydrogens (tertiary/aromatic N) is 1. The minimum Gasteiger partial charge on any atom is -0.448 e. The van der Waals surface area contributed by atoms with Crippen LogP contribution < -0.4 is 5.73 Å². The van der Waals surface area contributed by atoms with Gasteiger partial charge in [0.15, 0.2) is 16.1 Å². The Hall–Kier alpha value is -2.08. The molecule has 0 aliphatic rings. The normalized spacial score (nSPS) is 10.8. The molecule has 2 N–H and O–H groups in total. The molecule has 2 heterocycles. The van der Waals surface area contributed by atoms with Gasteiger partial charge in [-0.15, -0.1) is 0 Å². The number of hydrogen-bond acceptors (Lipinski definition) is 4. The molecule has 0 aliphatic carbocycles. The second kappa shape index (κ2) is 4.55. The van der Waals surface area contributed by atoms with E-state index < -0.39 is 5.82 Å². The maximum atomic E-state index is 13.9. The third-order valence-corrected chi connectivity index (χ3v) is 3.09. The number of nitrogens with two attached hydrogens (primary N) is 1. The standard InChI is InChI=1S/C13H8BrFN2O2/c14-10-6-5-9(18-10)12-11(13(16)19-17-12)7-3-1-2-4-8(7)15/h1-6H,16H2. The van der Waals surface area contributed by atoms with Gasteiger partial charge in [0.25, 0.3) is 0 Å². The van der Waals surface area contributed by atoms with Gasteiger partial charge in [-0.05, 0) is 34.1 Å². The van der Waals surface area contributed by atoms with Crippen molar-refractivity contribution in [2.75, 3.05) is 5.73 Å². The van der Waals surface area contributed by atoms with Crippen LogP contribution in [-0.4, -0.2) is 5.16 Å². The first-order valence-corrected chi connectivity index (χ1v) is 6.22. The van der Waals surface area contributed by atoms with Crippen molar-refractivity contribution in [3.63, 3.8) is 0 Å². The summed E-state index contributed by atoms with van der Waals surface area (Å²) in [5, 5.41) is 3.84. The van der Waals surface area contributed by atoms with Gasteiger partial charge in [-0.3, -0.25) is 0 Å². The summed E-state index contributed by atoms with van der Waals surface area (Å²) in [6, 6.07) is 9.69. The predicted octanol–water partition coefficient (Wildman–Crippen LogP) is 4.09. The summed E-state index contributed by atoms with van der Waals surface area (Å²) in [6.45, 7) is 0. The van der Waals surface area contributed by atoms with Crippen LogP contribution in [0.3, 0.4) is 0 Å². The zero-order chi connectivity index (χ0) is 13.4. The first-order valence-electron chi connectivity index (χ1n) is 5.42. The second-order valence-electron chi connectivity index (χ2n) is 3.85. The molecule has 3 aromatic rings. The third kappa shape index (κ3) is 2.04. The average molecular weight is 323 g/mol. The van der Waals surface area contributed by atoms with Gasteiger partial charge in [0.2, 0.25) is 5.88 Å². The van der Waals surface area contributed by atoms with E-state index in [9.17, 15) is 4.39 Å². The van der Waals surface area contributed by atoms with Gasteiger partial charge in [0, 0.05) is 5.56 Å². The molecule has 0 amide bonds.